The first-order valence-electron chi connectivity index (χ1n) is 10.5. The molecule has 2 aromatic rings. The minimum Gasteiger partial charge on any atom is -0.492 e. The van der Waals surface area contributed by atoms with E-state index in [-0.39, 0.29) is 35.4 Å². The smallest absolute Gasteiger partial charge is 0.191 e. The van der Waals surface area contributed by atoms with Gasteiger partial charge in [0.1, 0.15) is 24.8 Å². The number of guanidine groups is 1. The van der Waals surface area contributed by atoms with E-state index in [0.29, 0.717) is 19.8 Å². The molecule has 8 nitrogen and oxygen atoms in total. The van der Waals surface area contributed by atoms with Crippen molar-refractivity contribution in [1.29, 1.82) is 0 Å². The Hall–Kier alpha value is -1.88. The fourth-order valence-corrected chi connectivity index (χ4v) is 3.45. The van der Waals surface area contributed by atoms with Crippen LogP contribution in [0.25, 0.3) is 0 Å². The van der Waals surface area contributed by atoms with Crippen LogP contribution in [0.2, 0.25) is 0 Å². The minimum absolute atomic E-state index is 0. The average Bonchev–Trinajstić information content (AvgIpc) is 3.12. The van der Waals surface area contributed by atoms with E-state index in [1.165, 1.54) is 5.56 Å². The summed E-state index contributed by atoms with van der Waals surface area (Å²) in [6.45, 7) is 9.07. The molecule has 1 unspecified atom stereocenters. The predicted molar refractivity (Wildman–Crippen MR) is 133 cm³/mol. The molecule has 1 aliphatic heterocycles. The first-order chi connectivity index (χ1) is 14.4. The van der Waals surface area contributed by atoms with Gasteiger partial charge in [-0.1, -0.05) is 32.9 Å². The van der Waals surface area contributed by atoms with Crippen LogP contribution in [-0.2, 0) is 29.7 Å². The van der Waals surface area contributed by atoms with Crippen LogP contribution in [0.15, 0.2) is 29.3 Å². The van der Waals surface area contributed by atoms with E-state index in [1.807, 2.05) is 16.8 Å². The van der Waals surface area contributed by atoms with E-state index in [4.69, 9.17) is 9.47 Å². The summed E-state index contributed by atoms with van der Waals surface area (Å²) in [5.74, 6) is 3.41. The van der Waals surface area contributed by atoms with Crippen molar-refractivity contribution >= 4 is 29.9 Å². The van der Waals surface area contributed by atoms with Gasteiger partial charge in [-0.05, 0) is 29.5 Å². The van der Waals surface area contributed by atoms with Crippen LogP contribution in [-0.4, -0.2) is 54.1 Å². The van der Waals surface area contributed by atoms with Crippen molar-refractivity contribution in [1.82, 2.24) is 25.4 Å². The maximum absolute atomic E-state index is 5.85. The summed E-state index contributed by atoms with van der Waals surface area (Å²) in [5.41, 5.74) is 1.45. The highest BCUT2D eigenvalue weighted by Crippen LogP contribution is 2.24. The highest BCUT2D eigenvalue weighted by Gasteiger charge is 2.22. The number of fused-ring (bicyclic) bond motifs is 1. The lowest BCUT2D eigenvalue weighted by Gasteiger charge is -2.25. The number of methoxy groups -OCH3 is 1. The molecule has 172 valence electrons. The van der Waals surface area contributed by atoms with E-state index in [9.17, 15) is 0 Å². The number of ether oxygens (including phenoxy) is 2. The molecule has 2 N–H and O–H groups in total. The zero-order valence-electron chi connectivity index (χ0n) is 19.1. The predicted octanol–water partition coefficient (Wildman–Crippen LogP) is 2.90. The van der Waals surface area contributed by atoms with E-state index in [2.05, 4.69) is 58.6 Å². The Morgan fingerprint density at radius 1 is 1.26 bits per heavy atom. The Labute approximate surface area is 202 Å². The second-order valence-corrected chi connectivity index (χ2v) is 8.56. The van der Waals surface area contributed by atoms with Crippen molar-refractivity contribution < 1.29 is 9.47 Å². The van der Waals surface area contributed by atoms with Gasteiger partial charge in [0, 0.05) is 26.6 Å². The van der Waals surface area contributed by atoms with Gasteiger partial charge in [-0.2, -0.15) is 5.10 Å². The van der Waals surface area contributed by atoms with Crippen LogP contribution in [0.4, 0.5) is 0 Å². The molecule has 0 fully saturated rings. The van der Waals surface area contributed by atoms with Crippen molar-refractivity contribution in [2.24, 2.45) is 4.99 Å². The number of halogens is 1. The summed E-state index contributed by atoms with van der Waals surface area (Å²) in [7, 11) is 3.44. The average molecular weight is 542 g/mol. The molecule has 0 radical (unpaired) electrons. The molecule has 0 spiro atoms. The van der Waals surface area contributed by atoms with Crippen molar-refractivity contribution in [3.63, 3.8) is 0 Å². The third kappa shape index (κ3) is 7.34. The van der Waals surface area contributed by atoms with Crippen molar-refractivity contribution in [3.05, 3.63) is 41.5 Å². The molecule has 0 aliphatic carbocycles. The fraction of sp³-hybridized carbons (Fsp3) is 0.591. The largest absolute Gasteiger partial charge is 0.492 e. The Morgan fingerprint density at radius 2 is 2.00 bits per heavy atom. The topological polar surface area (TPSA) is 85.6 Å². The van der Waals surface area contributed by atoms with Gasteiger partial charge in [-0.25, -0.2) is 9.67 Å². The molecule has 0 bridgehead atoms. The van der Waals surface area contributed by atoms with E-state index >= 15 is 0 Å². The highest BCUT2D eigenvalue weighted by molar-refractivity contribution is 14.0. The van der Waals surface area contributed by atoms with Crippen LogP contribution in [0.3, 0.4) is 0 Å². The first-order valence-corrected chi connectivity index (χ1v) is 10.5. The molecule has 0 saturated heterocycles. The molecule has 0 saturated carbocycles. The summed E-state index contributed by atoms with van der Waals surface area (Å²) in [6, 6.07) is 8.57. The normalized spacial score (nSPS) is 16.3. The second kappa shape index (κ2) is 11.7. The molecule has 1 aliphatic rings. The quantitative estimate of drug-likeness (QED) is 0.242. The van der Waals surface area contributed by atoms with Gasteiger partial charge in [-0.3, -0.25) is 4.99 Å². The van der Waals surface area contributed by atoms with Gasteiger partial charge in [0.25, 0.3) is 0 Å². The lowest BCUT2D eigenvalue weighted by Crippen LogP contribution is -2.47. The van der Waals surface area contributed by atoms with Gasteiger partial charge in [0.15, 0.2) is 11.8 Å². The number of rotatable bonds is 7. The third-order valence-corrected chi connectivity index (χ3v) is 5.12. The molecule has 1 aromatic carbocycles. The molecule has 9 heteroatoms. The van der Waals surface area contributed by atoms with Crippen molar-refractivity contribution in [2.75, 3.05) is 27.3 Å². The Kier molecular flexibility index (Phi) is 9.54. The van der Waals surface area contributed by atoms with Crippen molar-refractivity contribution in [2.45, 2.75) is 58.2 Å². The lowest BCUT2D eigenvalue weighted by atomic mass is 9.87. The lowest BCUT2D eigenvalue weighted by molar-refractivity contribution is 0.177. The second-order valence-electron chi connectivity index (χ2n) is 8.56. The molecule has 1 atom stereocenters. The number of hydrogen-bond acceptors (Lipinski definition) is 5. The summed E-state index contributed by atoms with van der Waals surface area (Å²) >= 11 is 0. The Morgan fingerprint density at radius 3 is 2.65 bits per heavy atom. The van der Waals surface area contributed by atoms with Gasteiger partial charge >= 0.3 is 0 Å². The third-order valence-electron chi connectivity index (χ3n) is 5.12. The van der Waals surface area contributed by atoms with Gasteiger partial charge in [0.2, 0.25) is 0 Å². The zero-order chi connectivity index (χ0) is 21.6. The van der Waals surface area contributed by atoms with Gasteiger partial charge < -0.3 is 20.1 Å². The maximum atomic E-state index is 5.85. The molecule has 1 aromatic heterocycles. The van der Waals surface area contributed by atoms with Gasteiger partial charge in [-0.15, -0.1) is 24.0 Å². The minimum atomic E-state index is 0. The van der Waals surface area contributed by atoms with Crippen LogP contribution in [0, 0.1) is 0 Å². The Balaban J connectivity index is 0.00000341. The summed E-state index contributed by atoms with van der Waals surface area (Å²) < 4.78 is 12.9. The number of benzene rings is 1. The van der Waals surface area contributed by atoms with Crippen LogP contribution in [0.5, 0.6) is 5.75 Å². The number of nitrogens with one attached hydrogen (secondary N) is 2. The molecular weight excluding hydrogens is 507 g/mol. The maximum Gasteiger partial charge on any atom is 0.191 e. The summed E-state index contributed by atoms with van der Waals surface area (Å²) in [4.78, 5) is 8.85. The Bertz CT molecular complexity index is 845. The molecule has 31 heavy (non-hydrogen) atoms. The van der Waals surface area contributed by atoms with Crippen molar-refractivity contribution in [3.8, 4) is 5.75 Å². The van der Waals surface area contributed by atoms with Crippen LogP contribution < -0.4 is 15.4 Å². The van der Waals surface area contributed by atoms with Gasteiger partial charge in [0.05, 0.1) is 13.1 Å². The van der Waals surface area contributed by atoms with E-state index in [1.54, 1.807) is 14.2 Å². The van der Waals surface area contributed by atoms with E-state index < -0.39 is 0 Å². The number of hydrogen-bond donors (Lipinski definition) is 2. The molecular formula is C22H35IN6O2. The van der Waals surface area contributed by atoms with Crippen LogP contribution in [0.1, 0.15) is 44.4 Å². The first kappa shape index (κ1) is 25.4. The number of nitrogens with zero attached hydrogens (tertiary/aromatic N) is 4. The SMILES string of the molecule is CN=C(NCCOc1ccc(C(C)(C)C)cc1)NC1CCc2nc(COC)nn2C1.I. The molecule has 2 heterocycles. The highest BCUT2D eigenvalue weighted by atomic mass is 127. The molecule has 0 amide bonds. The standard InChI is InChI=1S/C22H34N6O2.HI/c1-22(2,3)16-6-9-18(10-7-16)30-13-12-24-21(23-4)25-17-8-11-20-26-19(15-29-5)27-28(20)14-17;/h6-7,9-10,17H,8,11-15H2,1-5H3,(H2,23,24,25);1H. The summed E-state index contributed by atoms with van der Waals surface area (Å²) in [5, 5.41) is 11.3. The van der Waals surface area contributed by atoms with E-state index in [0.717, 1.165) is 42.7 Å². The monoisotopic (exact) mass is 542 g/mol. The summed E-state index contributed by atoms with van der Waals surface area (Å²) in [6.07, 6.45) is 1.88. The molecule has 3 rings (SSSR count). The zero-order valence-corrected chi connectivity index (χ0v) is 21.5. The number of aliphatic imine (C=N–C) groups is 1. The van der Waals surface area contributed by atoms with Crippen LogP contribution >= 0.6 is 24.0 Å². The number of aromatic nitrogens is 3. The number of aryl methyl sites for hydroxylation is 1. The fourth-order valence-electron chi connectivity index (χ4n) is 3.45.